The number of hydrogen-bond donors (Lipinski definition) is 0. The van der Waals surface area contributed by atoms with Crippen LogP contribution in [0.1, 0.15) is 11.1 Å². The lowest BCUT2D eigenvalue weighted by Gasteiger charge is -2.15. The molecule has 0 radical (unpaired) electrons. The molecule has 0 N–H and O–H groups in total. The quantitative estimate of drug-likeness (QED) is 0.267. The Bertz CT molecular complexity index is 608. The van der Waals surface area contributed by atoms with Crippen molar-refractivity contribution in [1.82, 2.24) is 0 Å². The fourth-order valence-corrected chi connectivity index (χ4v) is 4.79. The lowest BCUT2D eigenvalue weighted by atomic mass is 10.2. The summed E-state index contributed by atoms with van der Waals surface area (Å²) < 4.78 is 10.4. The van der Waals surface area contributed by atoms with E-state index in [4.69, 9.17) is 4.74 Å². The molecule has 0 fully saturated rings. The SMILES string of the molecule is Cc1ccc(COc2c(Br)c(Br)c(Br)c(Br)c2Br)cc1. The molecule has 106 valence electrons. The van der Waals surface area contributed by atoms with Gasteiger partial charge in [0, 0.05) is 4.47 Å². The van der Waals surface area contributed by atoms with Crippen LogP contribution in [0.3, 0.4) is 0 Å². The van der Waals surface area contributed by atoms with Crippen molar-refractivity contribution >= 4 is 79.6 Å². The molecule has 1 nitrogen and oxygen atoms in total. The minimum absolute atomic E-state index is 0.512. The number of benzene rings is 2. The van der Waals surface area contributed by atoms with Crippen LogP contribution in [0.15, 0.2) is 46.6 Å². The molecule has 6 heteroatoms. The first-order chi connectivity index (χ1) is 9.41. The number of rotatable bonds is 3. The summed E-state index contributed by atoms with van der Waals surface area (Å²) in [6, 6.07) is 8.30. The third-order valence-electron chi connectivity index (χ3n) is 2.67. The van der Waals surface area contributed by atoms with Crippen LogP contribution < -0.4 is 4.74 Å². The fourth-order valence-electron chi connectivity index (χ4n) is 1.55. The molecule has 0 aliphatic heterocycles. The zero-order chi connectivity index (χ0) is 14.9. The van der Waals surface area contributed by atoms with Gasteiger partial charge in [-0.1, -0.05) is 29.8 Å². The van der Waals surface area contributed by atoms with Gasteiger partial charge in [0.05, 0.1) is 17.9 Å². The third kappa shape index (κ3) is 3.69. The Hall–Kier alpha value is 0.640. The van der Waals surface area contributed by atoms with E-state index in [0.717, 1.165) is 33.7 Å². The van der Waals surface area contributed by atoms with Crippen LogP contribution in [-0.2, 0) is 6.61 Å². The van der Waals surface area contributed by atoms with Gasteiger partial charge in [-0.2, -0.15) is 0 Å². The van der Waals surface area contributed by atoms with Crippen molar-refractivity contribution < 1.29 is 4.74 Å². The molecule has 0 saturated heterocycles. The van der Waals surface area contributed by atoms with Gasteiger partial charge in [-0.05, 0) is 92.1 Å². The van der Waals surface area contributed by atoms with Crippen LogP contribution in [0.5, 0.6) is 5.75 Å². The predicted molar refractivity (Wildman–Crippen MR) is 100 cm³/mol. The van der Waals surface area contributed by atoms with Gasteiger partial charge in [0.15, 0.2) is 5.75 Å². The van der Waals surface area contributed by atoms with E-state index in [1.807, 2.05) is 0 Å². The summed E-state index contributed by atoms with van der Waals surface area (Å²) in [5.41, 5.74) is 2.37. The van der Waals surface area contributed by atoms with Gasteiger partial charge < -0.3 is 4.74 Å². The Kier molecular flexibility index (Phi) is 6.18. The van der Waals surface area contributed by atoms with E-state index in [9.17, 15) is 0 Å². The first kappa shape index (κ1) is 17.0. The summed E-state index contributed by atoms with van der Waals surface area (Å²) >= 11 is 17.7. The van der Waals surface area contributed by atoms with E-state index >= 15 is 0 Å². The molecule has 0 aliphatic rings. The largest absolute Gasteiger partial charge is 0.486 e. The lowest BCUT2D eigenvalue weighted by Crippen LogP contribution is -1.98. The zero-order valence-electron chi connectivity index (χ0n) is 10.3. The molecule has 2 rings (SSSR count). The van der Waals surface area contributed by atoms with Crippen molar-refractivity contribution in [3.63, 3.8) is 0 Å². The molecular weight excluding hydrogens is 584 g/mol. The predicted octanol–water partition coefficient (Wildman–Crippen LogP) is 7.39. The average Bonchev–Trinajstić information content (AvgIpc) is 2.45. The Morgan fingerprint density at radius 3 is 1.70 bits per heavy atom. The summed E-state index contributed by atoms with van der Waals surface area (Å²) in [6.45, 7) is 2.58. The van der Waals surface area contributed by atoms with Gasteiger partial charge in [0.1, 0.15) is 6.61 Å². The molecule has 0 heterocycles. The molecule has 0 unspecified atom stereocenters. The second kappa shape index (κ2) is 7.27. The van der Waals surface area contributed by atoms with E-state index < -0.39 is 0 Å². The smallest absolute Gasteiger partial charge is 0.150 e. The summed E-state index contributed by atoms with van der Waals surface area (Å²) in [4.78, 5) is 0. The molecule has 0 atom stereocenters. The van der Waals surface area contributed by atoms with Crippen LogP contribution in [-0.4, -0.2) is 0 Å². The van der Waals surface area contributed by atoms with Crippen molar-refractivity contribution in [2.75, 3.05) is 0 Å². The highest BCUT2D eigenvalue weighted by atomic mass is 79.9. The maximum atomic E-state index is 5.94. The number of hydrogen-bond acceptors (Lipinski definition) is 1. The molecule has 0 amide bonds. The van der Waals surface area contributed by atoms with Gasteiger partial charge in [0.2, 0.25) is 0 Å². The molecule has 2 aromatic carbocycles. The monoisotopic (exact) mass is 588 g/mol. The summed E-state index contributed by atoms with van der Waals surface area (Å²) in [6.07, 6.45) is 0. The van der Waals surface area contributed by atoms with E-state index in [1.54, 1.807) is 0 Å². The highest BCUT2D eigenvalue weighted by molar-refractivity contribution is 9.15. The molecule has 0 aliphatic carbocycles. The lowest BCUT2D eigenvalue weighted by molar-refractivity contribution is 0.301. The molecular formula is C14H9Br5O. The highest BCUT2D eigenvalue weighted by Gasteiger charge is 2.18. The Labute approximate surface area is 160 Å². The fraction of sp³-hybridized carbons (Fsp3) is 0.143. The average molecular weight is 593 g/mol. The minimum atomic E-state index is 0.512. The van der Waals surface area contributed by atoms with Crippen LogP contribution in [0, 0.1) is 6.92 Å². The van der Waals surface area contributed by atoms with Crippen molar-refractivity contribution in [2.45, 2.75) is 13.5 Å². The normalized spacial score (nSPS) is 10.7. The summed E-state index contributed by atoms with van der Waals surface area (Å²) in [7, 11) is 0. The molecule has 2 aromatic rings. The Morgan fingerprint density at radius 2 is 1.20 bits per heavy atom. The minimum Gasteiger partial charge on any atom is -0.486 e. The molecule has 0 aromatic heterocycles. The maximum absolute atomic E-state index is 5.94. The first-order valence-electron chi connectivity index (χ1n) is 5.61. The van der Waals surface area contributed by atoms with Gasteiger partial charge in [-0.25, -0.2) is 0 Å². The first-order valence-corrected chi connectivity index (χ1v) is 9.58. The van der Waals surface area contributed by atoms with Crippen molar-refractivity contribution in [3.8, 4) is 5.75 Å². The van der Waals surface area contributed by atoms with Crippen LogP contribution in [0.2, 0.25) is 0 Å². The van der Waals surface area contributed by atoms with E-state index in [-0.39, 0.29) is 0 Å². The molecule has 0 saturated carbocycles. The second-order valence-electron chi connectivity index (χ2n) is 4.17. The van der Waals surface area contributed by atoms with Gasteiger partial charge in [-0.15, -0.1) is 0 Å². The third-order valence-corrected chi connectivity index (χ3v) is 8.69. The number of halogens is 5. The van der Waals surface area contributed by atoms with Crippen LogP contribution in [0.25, 0.3) is 0 Å². The second-order valence-corrected chi connectivity index (χ2v) is 8.14. The topological polar surface area (TPSA) is 9.23 Å². The van der Waals surface area contributed by atoms with Crippen LogP contribution in [0.4, 0.5) is 0 Å². The Balaban J connectivity index is 2.28. The van der Waals surface area contributed by atoms with E-state index in [1.165, 1.54) is 5.56 Å². The van der Waals surface area contributed by atoms with Crippen molar-refractivity contribution in [2.24, 2.45) is 0 Å². The molecule has 0 spiro atoms. The van der Waals surface area contributed by atoms with Crippen molar-refractivity contribution in [1.29, 1.82) is 0 Å². The number of ether oxygens (including phenoxy) is 1. The highest BCUT2D eigenvalue weighted by Crippen LogP contribution is 2.48. The zero-order valence-corrected chi connectivity index (χ0v) is 18.2. The van der Waals surface area contributed by atoms with Gasteiger partial charge in [-0.3, -0.25) is 0 Å². The maximum Gasteiger partial charge on any atom is 0.150 e. The van der Waals surface area contributed by atoms with Crippen molar-refractivity contribution in [3.05, 3.63) is 57.8 Å². The molecule has 20 heavy (non-hydrogen) atoms. The van der Waals surface area contributed by atoms with Gasteiger partial charge >= 0.3 is 0 Å². The number of aryl methyl sites for hydroxylation is 1. The van der Waals surface area contributed by atoms with Crippen LogP contribution >= 0.6 is 79.6 Å². The molecule has 0 bridgehead atoms. The summed E-state index contributed by atoms with van der Waals surface area (Å²) in [5.74, 6) is 0.757. The van der Waals surface area contributed by atoms with Gasteiger partial charge in [0.25, 0.3) is 0 Å². The van der Waals surface area contributed by atoms with E-state index in [2.05, 4.69) is 111 Å². The standard InChI is InChI=1S/C14H9Br5O/c1-7-2-4-8(5-3-7)6-20-14-12(18)10(16)9(15)11(17)13(14)19/h2-5H,6H2,1H3. The summed E-state index contributed by atoms with van der Waals surface area (Å²) in [5, 5.41) is 0. The Morgan fingerprint density at radius 1 is 0.750 bits per heavy atom. The van der Waals surface area contributed by atoms with E-state index in [0.29, 0.717) is 6.61 Å².